The third-order valence-corrected chi connectivity index (χ3v) is 4.16. The Morgan fingerprint density at radius 1 is 1.35 bits per heavy atom. The van der Waals surface area contributed by atoms with Crippen LogP contribution in [-0.4, -0.2) is 48.9 Å². The van der Waals surface area contributed by atoms with Crippen LogP contribution in [0.4, 0.5) is 0 Å². The van der Waals surface area contributed by atoms with E-state index >= 15 is 0 Å². The van der Waals surface area contributed by atoms with E-state index in [-0.39, 0.29) is 5.91 Å². The molecule has 1 aliphatic rings. The lowest BCUT2D eigenvalue weighted by Crippen LogP contribution is -2.48. The van der Waals surface area contributed by atoms with Gasteiger partial charge >= 0.3 is 0 Å². The molecule has 0 saturated carbocycles. The summed E-state index contributed by atoms with van der Waals surface area (Å²) in [5.41, 5.74) is 7.87. The van der Waals surface area contributed by atoms with Crippen LogP contribution in [0.25, 0.3) is 0 Å². The molecule has 1 aromatic rings. The minimum Gasteiger partial charge on any atom is -0.341 e. The number of amides is 1. The highest BCUT2D eigenvalue weighted by atomic mass is 16.2. The number of hydrogen-bond acceptors (Lipinski definition) is 3. The van der Waals surface area contributed by atoms with Gasteiger partial charge in [-0.3, -0.25) is 4.79 Å². The van der Waals surface area contributed by atoms with Crippen molar-refractivity contribution in [3.8, 4) is 0 Å². The van der Waals surface area contributed by atoms with Gasteiger partial charge in [-0.25, -0.2) is 0 Å². The Balaban J connectivity index is 2.01. The van der Waals surface area contributed by atoms with Crippen LogP contribution in [0.15, 0.2) is 24.3 Å². The Labute approximate surface area is 121 Å². The molecule has 1 fully saturated rings. The predicted molar refractivity (Wildman–Crippen MR) is 81.3 cm³/mol. The number of benzene rings is 1. The lowest BCUT2D eigenvalue weighted by atomic mass is 10.0. The summed E-state index contributed by atoms with van der Waals surface area (Å²) >= 11 is 0. The van der Waals surface area contributed by atoms with Gasteiger partial charge in [0.05, 0.1) is 6.42 Å². The first-order valence-corrected chi connectivity index (χ1v) is 7.33. The summed E-state index contributed by atoms with van der Waals surface area (Å²) in [6.07, 6.45) is 2.73. The highest BCUT2D eigenvalue weighted by Crippen LogP contribution is 2.16. The molecule has 1 aliphatic heterocycles. The molecular formula is C16H25N3O. The second-order valence-corrected chi connectivity index (χ2v) is 5.75. The zero-order valence-corrected chi connectivity index (χ0v) is 12.5. The number of piperidine rings is 1. The molecule has 0 spiro atoms. The van der Waals surface area contributed by atoms with E-state index in [9.17, 15) is 4.79 Å². The van der Waals surface area contributed by atoms with Crippen molar-refractivity contribution in [1.29, 1.82) is 0 Å². The van der Waals surface area contributed by atoms with Gasteiger partial charge in [0.1, 0.15) is 0 Å². The van der Waals surface area contributed by atoms with Crippen molar-refractivity contribution in [2.24, 2.45) is 5.73 Å². The third kappa shape index (κ3) is 3.58. The Morgan fingerprint density at radius 3 is 2.70 bits per heavy atom. The molecule has 110 valence electrons. The van der Waals surface area contributed by atoms with E-state index in [1.165, 1.54) is 6.42 Å². The average Bonchev–Trinajstić information content (AvgIpc) is 2.48. The van der Waals surface area contributed by atoms with Gasteiger partial charge in [-0.1, -0.05) is 24.3 Å². The molecule has 4 nitrogen and oxygen atoms in total. The van der Waals surface area contributed by atoms with Crippen LogP contribution < -0.4 is 5.73 Å². The number of carbonyl (C=O) groups excluding carboxylic acids is 1. The Hall–Kier alpha value is -1.39. The van der Waals surface area contributed by atoms with Crippen LogP contribution in [0.2, 0.25) is 0 Å². The van der Waals surface area contributed by atoms with Gasteiger partial charge in [-0.05, 0) is 38.1 Å². The smallest absolute Gasteiger partial charge is 0.227 e. The van der Waals surface area contributed by atoms with Crippen molar-refractivity contribution in [1.82, 2.24) is 9.80 Å². The first kappa shape index (κ1) is 15.0. The summed E-state index contributed by atoms with van der Waals surface area (Å²) < 4.78 is 0. The fourth-order valence-corrected chi connectivity index (χ4v) is 2.81. The van der Waals surface area contributed by atoms with Gasteiger partial charge < -0.3 is 15.5 Å². The normalized spacial score (nSPS) is 19.4. The lowest BCUT2D eigenvalue weighted by molar-refractivity contribution is -0.132. The summed E-state index contributed by atoms with van der Waals surface area (Å²) in [5, 5.41) is 0. The highest BCUT2D eigenvalue weighted by molar-refractivity contribution is 5.79. The van der Waals surface area contributed by atoms with Crippen molar-refractivity contribution in [2.45, 2.75) is 31.8 Å². The van der Waals surface area contributed by atoms with Crippen LogP contribution in [0.3, 0.4) is 0 Å². The SMILES string of the molecule is CN(C)C1CCCN(C(=O)Cc2ccccc2CN)C1. The summed E-state index contributed by atoms with van der Waals surface area (Å²) in [6, 6.07) is 8.44. The van der Waals surface area contributed by atoms with E-state index in [1.807, 2.05) is 29.2 Å². The van der Waals surface area contributed by atoms with Gasteiger partial charge in [0, 0.05) is 25.7 Å². The van der Waals surface area contributed by atoms with Gasteiger partial charge in [0.25, 0.3) is 0 Å². The molecule has 0 bridgehead atoms. The maximum absolute atomic E-state index is 12.5. The molecule has 1 heterocycles. The van der Waals surface area contributed by atoms with Crippen molar-refractivity contribution < 1.29 is 4.79 Å². The Morgan fingerprint density at radius 2 is 2.05 bits per heavy atom. The molecule has 0 aliphatic carbocycles. The third-order valence-electron chi connectivity index (χ3n) is 4.16. The number of hydrogen-bond donors (Lipinski definition) is 1. The van der Waals surface area contributed by atoms with Crippen molar-refractivity contribution >= 4 is 5.91 Å². The minimum atomic E-state index is 0.220. The fourth-order valence-electron chi connectivity index (χ4n) is 2.81. The second kappa shape index (κ2) is 6.86. The molecule has 1 amide bonds. The number of likely N-dealkylation sites (N-methyl/N-ethyl adjacent to an activating group) is 1. The van der Waals surface area contributed by atoms with Crippen LogP contribution in [0.5, 0.6) is 0 Å². The van der Waals surface area contributed by atoms with E-state index in [0.29, 0.717) is 19.0 Å². The van der Waals surface area contributed by atoms with Gasteiger partial charge in [0.15, 0.2) is 0 Å². The van der Waals surface area contributed by atoms with Crippen molar-refractivity contribution in [2.75, 3.05) is 27.2 Å². The van der Waals surface area contributed by atoms with Crippen molar-refractivity contribution in [3.05, 3.63) is 35.4 Å². The van der Waals surface area contributed by atoms with Gasteiger partial charge in [0.2, 0.25) is 5.91 Å². The van der Waals surface area contributed by atoms with E-state index in [4.69, 9.17) is 5.73 Å². The number of carbonyl (C=O) groups is 1. The molecule has 0 aromatic heterocycles. The largest absolute Gasteiger partial charge is 0.341 e. The lowest BCUT2D eigenvalue weighted by Gasteiger charge is -2.36. The van der Waals surface area contributed by atoms with Gasteiger partial charge in [-0.15, -0.1) is 0 Å². The zero-order valence-electron chi connectivity index (χ0n) is 12.5. The number of likely N-dealkylation sites (tertiary alicyclic amines) is 1. The minimum absolute atomic E-state index is 0.220. The maximum atomic E-state index is 12.5. The first-order chi connectivity index (χ1) is 9.61. The molecule has 1 saturated heterocycles. The molecule has 1 atom stereocenters. The topological polar surface area (TPSA) is 49.6 Å². The monoisotopic (exact) mass is 275 g/mol. The average molecular weight is 275 g/mol. The first-order valence-electron chi connectivity index (χ1n) is 7.33. The van der Waals surface area contributed by atoms with Crippen LogP contribution in [-0.2, 0) is 17.8 Å². The summed E-state index contributed by atoms with van der Waals surface area (Å²) in [5.74, 6) is 0.220. The summed E-state index contributed by atoms with van der Waals surface area (Å²) in [6.45, 7) is 2.22. The summed E-state index contributed by atoms with van der Waals surface area (Å²) in [4.78, 5) is 16.7. The summed E-state index contributed by atoms with van der Waals surface area (Å²) in [7, 11) is 4.17. The number of nitrogens with zero attached hydrogens (tertiary/aromatic N) is 2. The zero-order chi connectivity index (χ0) is 14.5. The van der Waals surface area contributed by atoms with Crippen LogP contribution in [0, 0.1) is 0 Å². The number of nitrogens with two attached hydrogens (primary N) is 1. The molecule has 2 N–H and O–H groups in total. The number of rotatable bonds is 4. The van der Waals surface area contributed by atoms with E-state index in [0.717, 1.165) is 30.6 Å². The molecule has 2 rings (SSSR count). The highest BCUT2D eigenvalue weighted by Gasteiger charge is 2.24. The Bertz CT molecular complexity index is 459. The molecular weight excluding hydrogens is 250 g/mol. The standard InChI is InChI=1S/C16H25N3O/c1-18(2)15-8-5-9-19(12-15)16(20)10-13-6-3-4-7-14(13)11-17/h3-4,6-7,15H,5,8-12,17H2,1-2H3. The molecule has 4 heteroatoms. The predicted octanol–water partition coefficient (Wildman–Crippen LogP) is 1.24. The molecule has 20 heavy (non-hydrogen) atoms. The molecule has 1 unspecified atom stereocenters. The molecule has 0 radical (unpaired) electrons. The van der Waals surface area contributed by atoms with Crippen LogP contribution in [0.1, 0.15) is 24.0 Å². The van der Waals surface area contributed by atoms with Crippen molar-refractivity contribution in [3.63, 3.8) is 0 Å². The fraction of sp³-hybridized carbons (Fsp3) is 0.562. The van der Waals surface area contributed by atoms with E-state index < -0.39 is 0 Å². The molecule has 1 aromatic carbocycles. The van der Waals surface area contributed by atoms with E-state index in [1.54, 1.807) is 0 Å². The van der Waals surface area contributed by atoms with Crippen LogP contribution >= 0.6 is 0 Å². The maximum Gasteiger partial charge on any atom is 0.227 e. The van der Waals surface area contributed by atoms with Gasteiger partial charge in [-0.2, -0.15) is 0 Å². The van der Waals surface area contributed by atoms with E-state index in [2.05, 4.69) is 19.0 Å². The Kier molecular flexibility index (Phi) is 5.15. The second-order valence-electron chi connectivity index (χ2n) is 5.75. The quantitative estimate of drug-likeness (QED) is 0.899.